The molecule has 0 amide bonds. The number of benzene rings is 2. The van der Waals surface area contributed by atoms with Gasteiger partial charge in [-0.25, -0.2) is 9.55 Å². The van der Waals surface area contributed by atoms with Gasteiger partial charge in [0, 0.05) is 14.3 Å². The van der Waals surface area contributed by atoms with Gasteiger partial charge in [-0.2, -0.15) is 0 Å². The molecule has 2 heterocycles. The first-order valence-electron chi connectivity index (χ1n) is 6.23. The predicted octanol–water partition coefficient (Wildman–Crippen LogP) is 0.907. The lowest BCUT2D eigenvalue weighted by Crippen LogP contribution is -3.00. The molecule has 0 bridgehead atoms. The van der Waals surface area contributed by atoms with Crippen molar-refractivity contribution in [1.29, 1.82) is 0 Å². The number of aryl methyl sites for hydroxylation is 1. The minimum atomic E-state index is 0. The van der Waals surface area contributed by atoms with Gasteiger partial charge in [0.25, 0.3) is 5.65 Å². The van der Waals surface area contributed by atoms with E-state index in [1.54, 1.807) is 0 Å². The Morgan fingerprint density at radius 2 is 1.80 bits per heavy atom. The molecule has 4 heteroatoms. The highest BCUT2D eigenvalue weighted by molar-refractivity contribution is 14.1. The molecular formula is C16H12ClIN2. The zero-order valence-electron chi connectivity index (χ0n) is 10.8. The third-order valence-corrected chi connectivity index (χ3v) is 4.38. The van der Waals surface area contributed by atoms with Gasteiger partial charge < -0.3 is 12.4 Å². The van der Waals surface area contributed by atoms with Crippen molar-refractivity contribution in [2.45, 2.75) is 0 Å². The Hall–Kier alpha value is -1.33. The van der Waals surface area contributed by atoms with E-state index in [0.29, 0.717) is 0 Å². The molecule has 20 heavy (non-hydrogen) atoms. The fourth-order valence-corrected chi connectivity index (χ4v) is 3.30. The number of nitrogens with zero attached hydrogens (tertiary/aromatic N) is 1. The molecule has 2 aromatic carbocycles. The molecule has 0 aliphatic rings. The molecule has 0 atom stereocenters. The van der Waals surface area contributed by atoms with Crippen LogP contribution in [0.1, 0.15) is 0 Å². The quantitative estimate of drug-likeness (QED) is 0.338. The Bertz CT molecular complexity index is 943. The van der Waals surface area contributed by atoms with E-state index < -0.39 is 0 Å². The van der Waals surface area contributed by atoms with E-state index in [9.17, 15) is 0 Å². The Kier molecular flexibility index (Phi) is 3.34. The number of pyridine rings is 1. The predicted molar refractivity (Wildman–Crippen MR) is 87.2 cm³/mol. The van der Waals surface area contributed by atoms with Crippen molar-refractivity contribution in [3.63, 3.8) is 0 Å². The van der Waals surface area contributed by atoms with Crippen molar-refractivity contribution in [3.05, 3.63) is 52.1 Å². The fourth-order valence-electron chi connectivity index (χ4n) is 2.78. The summed E-state index contributed by atoms with van der Waals surface area (Å²) in [5, 5.41) is 3.85. The number of H-pyrrole nitrogens is 1. The monoisotopic (exact) mass is 394 g/mol. The Morgan fingerprint density at radius 1 is 1.00 bits per heavy atom. The van der Waals surface area contributed by atoms with Crippen molar-refractivity contribution in [2.75, 3.05) is 0 Å². The molecule has 0 unspecified atom stereocenters. The van der Waals surface area contributed by atoms with Crippen LogP contribution in [0.15, 0.2) is 48.5 Å². The third-order valence-electron chi connectivity index (χ3n) is 3.71. The number of hydrogen-bond acceptors (Lipinski definition) is 0. The van der Waals surface area contributed by atoms with Crippen molar-refractivity contribution < 1.29 is 17.0 Å². The zero-order chi connectivity index (χ0) is 13.0. The van der Waals surface area contributed by atoms with Crippen LogP contribution in [-0.4, -0.2) is 4.98 Å². The number of rotatable bonds is 0. The average Bonchev–Trinajstić information content (AvgIpc) is 2.78. The van der Waals surface area contributed by atoms with Crippen molar-refractivity contribution in [1.82, 2.24) is 4.98 Å². The lowest BCUT2D eigenvalue weighted by Gasteiger charge is -2.01. The minimum absolute atomic E-state index is 0. The number of para-hydroxylation sites is 1. The SMILES string of the molecule is C[n+]1c2ccc(I)cc2cc2c3ccccc3[nH]c21.[Cl-]. The summed E-state index contributed by atoms with van der Waals surface area (Å²) in [6.45, 7) is 0. The van der Waals surface area contributed by atoms with E-state index in [1.807, 2.05) is 0 Å². The minimum Gasteiger partial charge on any atom is -1.00 e. The molecule has 0 spiro atoms. The van der Waals surface area contributed by atoms with Crippen molar-refractivity contribution >= 4 is 55.4 Å². The van der Waals surface area contributed by atoms with Crippen LogP contribution in [0.3, 0.4) is 0 Å². The van der Waals surface area contributed by atoms with Crippen molar-refractivity contribution in [3.8, 4) is 0 Å². The van der Waals surface area contributed by atoms with Gasteiger partial charge in [-0.1, -0.05) is 12.1 Å². The summed E-state index contributed by atoms with van der Waals surface area (Å²) in [5.41, 5.74) is 3.62. The molecule has 0 aliphatic heterocycles. The number of hydrogen-bond donors (Lipinski definition) is 1. The largest absolute Gasteiger partial charge is 1.00 e. The highest BCUT2D eigenvalue weighted by Gasteiger charge is 2.15. The Balaban J connectivity index is 0.00000121. The zero-order valence-corrected chi connectivity index (χ0v) is 13.7. The van der Waals surface area contributed by atoms with E-state index in [2.05, 4.69) is 87.7 Å². The molecule has 1 N–H and O–H groups in total. The van der Waals surface area contributed by atoms with Gasteiger partial charge in [-0.3, -0.25) is 0 Å². The first-order chi connectivity index (χ1) is 9.24. The van der Waals surface area contributed by atoms with Gasteiger partial charge in [-0.05, 0) is 59.0 Å². The van der Waals surface area contributed by atoms with Crippen molar-refractivity contribution in [2.24, 2.45) is 7.05 Å². The smallest absolute Gasteiger partial charge is 0.287 e. The Labute approximate surface area is 136 Å². The first-order valence-corrected chi connectivity index (χ1v) is 7.30. The molecule has 100 valence electrons. The van der Waals surface area contributed by atoms with E-state index in [-0.39, 0.29) is 12.4 Å². The third kappa shape index (κ3) is 1.88. The average molecular weight is 395 g/mol. The van der Waals surface area contributed by atoms with Crippen LogP contribution >= 0.6 is 22.6 Å². The van der Waals surface area contributed by atoms with Crippen LogP contribution in [0.5, 0.6) is 0 Å². The summed E-state index contributed by atoms with van der Waals surface area (Å²) in [7, 11) is 2.12. The summed E-state index contributed by atoms with van der Waals surface area (Å²) in [4.78, 5) is 3.51. The summed E-state index contributed by atoms with van der Waals surface area (Å²) < 4.78 is 3.50. The lowest BCUT2D eigenvalue weighted by molar-refractivity contribution is -0.619. The van der Waals surface area contributed by atoms with Crippen LogP contribution in [0.25, 0.3) is 32.8 Å². The molecular weight excluding hydrogens is 383 g/mol. The normalized spacial score (nSPS) is 11.1. The molecule has 4 aromatic rings. The summed E-state index contributed by atoms with van der Waals surface area (Å²) in [6, 6.07) is 17.3. The Morgan fingerprint density at radius 3 is 2.65 bits per heavy atom. The topological polar surface area (TPSA) is 19.7 Å². The number of nitrogens with one attached hydrogen (secondary N) is 1. The maximum absolute atomic E-state index is 3.51. The van der Waals surface area contributed by atoms with Crippen LogP contribution in [0.4, 0.5) is 0 Å². The maximum Gasteiger partial charge on any atom is 0.287 e. The number of halogens is 2. The van der Waals surface area contributed by atoms with E-state index in [1.165, 1.54) is 36.4 Å². The highest BCUT2D eigenvalue weighted by atomic mass is 127. The molecule has 0 saturated carbocycles. The van der Waals surface area contributed by atoms with Crippen LogP contribution in [0.2, 0.25) is 0 Å². The maximum atomic E-state index is 3.51. The molecule has 2 nitrogen and oxygen atoms in total. The lowest BCUT2D eigenvalue weighted by atomic mass is 10.1. The molecule has 0 saturated heterocycles. The van der Waals surface area contributed by atoms with Gasteiger partial charge in [0.05, 0.1) is 12.4 Å². The van der Waals surface area contributed by atoms with Gasteiger partial charge in [0.1, 0.15) is 11.0 Å². The molecule has 0 aliphatic carbocycles. The highest BCUT2D eigenvalue weighted by Crippen LogP contribution is 2.26. The second-order valence-electron chi connectivity index (χ2n) is 4.84. The summed E-state index contributed by atoms with van der Waals surface area (Å²) in [5.74, 6) is 0. The molecule has 2 aromatic heterocycles. The molecule has 0 fully saturated rings. The van der Waals surface area contributed by atoms with E-state index in [4.69, 9.17) is 0 Å². The van der Waals surface area contributed by atoms with E-state index >= 15 is 0 Å². The second kappa shape index (κ2) is 4.90. The first kappa shape index (κ1) is 13.6. The van der Waals surface area contributed by atoms with Gasteiger partial charge in [0.2, 0.25) is 0 Å². The van der Waals surface area contributed by atoms with E-state index in [0.717, 1.165) is 0 Å². The van der Waals surface area contributed by atoms with Crippen LogP contribution in [-0.2, 0) is 7.05 Å². The molecule has 4 rings (SSSR count). The molecule has 0 radical (unpaired) electrons. The standard InChI is InChI=1S/C16H11IN2.ClH/c1-19-15-7-6-11(17)8-10(15)9-13-12-4-2-3-5-14(12)18-16(13)19;/h2-9H,1H3;1H. The number of aromatic amines is 1. The van der Waals surface area contributed by atoms with Crippen LogP contribution < -0.4 is 17.0 Å². The summed E-state index contributed by atoms with van der Waals surface area (Å²) >= 11 is 2.36. The summed E-state index contributed by atoms with van der Waals surface area (Å²) in [6.07, 6.45) is 0. The number of aromatic nitrogens is 2. The number of fused-ring (bicyclic) bond motifs is 4. The van der Waals surface area contributed by atoms with Gasteiger partial charge in [-0.15, -0.1) is 0 Å². The van der Waals surface area contributed by atoms with Gasteiger partial charge >= 0.3 is 0 Å². The second-order valence-corrected chi connectivity index (χ2v) is 6.08. The van der Waals surface area contributed by atoms with Crippen LogP contribution in [0, 0.1) is 3.57 Å². The fraction of sp³-hybridized carbons (Fsp3) is 0.0625. The van der Waals surface area contributed by atoms with Gasteiger partial charge in [0.15, 0.2) is 0 Å².